The van der Waals surface area contributed by atoms with E-state index in [1.807, 2.05) is 13.8 Å². The van der Waals surface area contributed by atoms with Crippen LogP contribution in [0.1, 0.15) is 29.7 Å². The van der Waals surface area contributed by atoms with Gasteiger partial charge in [-0.2, -0.15) is 5.10 Å². The number of ether oxygens (including phenoxy) is 2. The van der Waals surface area contributed by atoms with Crippen molar-refractivity contribution in [2.45, 2.75) is 20.1 Å². The summed E-state index contributed by atoms with van der Waals surface area (Å²) >= 11 is 4.74. The molecule has 2 aromatic heterocycles. The van der Waals surface area contributed by atoms with Gasteiger partial charge in [0.1, 0.15) is 20.5 Å². The highest BCUT2D eigenvalue weighted by Crippen LogP contribution is 2.33. The number of carbonyl (C=O) groups is 1. The zero-order valence-corrected chi connectivity index (χ0v) is 12.7. The minimum Gasteiger partial charge on any atom is -0.465 e. The van der Waals surface area contributed by atoms with E-state index in [0.29, 0.717) is 16.1 Å². The van der Waals surface area contributed by atoms with E-state index < -0.39 is 0 Å². The lowest BCUT2D eigenvalue weighted by atomic mass is 10.4. The predicted octanol–water partition coefficient (Wildman–Crippen LogP) is 3.20. The van der Waals surface area contributed by atoms with Crippen LogP contribution in [0.15, 0.2) is 10.7 Å². The number of thiophene rings is 1. The maximum Gasteiger partial charge on any atom is 0.348 e. The quantitative estimate of drug-likeness (QED) is 0.807. The number of carbonyl (C=O) groups excluding carboxylic acids is 1. The van der Waals surface area contributed by atoms with E-state index in [9.17, 15) is 4.79 Å². The Labute approximate surface area is 117 Å². The molecule has 0 N–H and O–H groups in total. The van der Waals surface area contributed by atoms with Crippen LogP contribution in [-0.2, 0) is 9.47 Å². The van der Waals surface area contributed by atoms with Crippen LogP contribution in [0.5, 0.6) is 0 Å². The number of hydrogen-bond donors (Lipinski definition) is 0. The molecule has 5 nitrogen and oxygen atoms in total. The van der Waals surface area contributed by atoms with E-state index in [-0.39, 0.29) is 12.2 Å². The molecular formula is C11H13BrN2O3S. The molecule has 7 heteroatoms. The second-order valence-corrected chi connectivity index (χ2v) is 5.39. The molecule has 0 aliphatic rings. The molecule has 0 spiro atoms. The summed E-state index contributed by atoms with van der Waals surface area (Å²) in [6, 6.07) is 1.78. The molecule has 0 aliphatic heterocycles. The van der Waals surface area contributed by atoms with Crippen molar-refractivity contribution in [3.63, 3.8) is 0 Å². The van der Waals surface area contributed by atoms with E-state index in [4.69, 9.17) is 9.47 Å². The topological polar surface area (TPSA) is 53.4 Å². The van der Waals surface area contributed by atoms with Gasteiger partial charge in [-0.05, 0) is 35.8 Å². The largest absolute Gasteiger partial charge is 0.465 e. The van der Waals surface area contributed by atoms with Crippen LogP contribution in [0.4, 0.5) is 0 Å². The van der Waals surface area contributed by atoms with Crippen LogP contribution in [0.25, 0.3) is 10.2 Å². The van der Waals surface area contributed by atoms with Crippen LogP contribution in [-0.4, -0.2) is 29.5 Å². The third-order valence-electron chi connectivity index (χ3n) is 2.48. The van der Waals surface area contributed by atoms with Gasteiger partial charge in [-0.1, -0.05) is 0 Å². The lowest BCUT2D eigenvalue weighted by Crippen LogP contribution is -2.10. The number of aromatic nitrogens is 2. The Hall–Kier alpha value is -0.920. The molecule has 0 aliphatic carbocycles. The third kappa shape index (κ3) is 2.30. The van der Waals surface area contributed by atoms with Crippen molar-refractivity contribution in [1.29, 1.82) is 0 Å². The van der Waals surface area contributed by atoms with E-state index in [0.717, 1.165) is 10.2 Å². The zero-order valence-electron chi connectivity index (χ0n) is 10.3. The molecule has 18 heavy (non-hydrogen) atoms. The average molecular weight is 333 g/mol. The first-order chi connectivity index (χ1) is 8.58. The Morgan fingerprint density at radius 3 is 3.00 bits per heavy atom. The Morgan fingerprint density at radius 2 is 2.39 bits per heavy atom. The summed E-state index contributed by atoms with van der Waals surface area (Å²) < 4.78 is 12.7. The van der Waals surface area contributed by atoms with Gasteiger partial charge in [-0.25, -0.2) is 9.48 Å². The van der Waals surface area contributed by atoms with Gasteiger partial charge < -0.3 is 9.47 Å². The third-order valence-corrected chi connectivity index (χ3v) is 4.17. The van der Waals surface area contributed by atoms with Gasteiger partial charge >= 0.3 is 5.97 Å². The molecule has 0 bridgehead atoms. The monoisotopic (exact) mass is 332 g/mol. The van der Waals surface area contributed by atoms with Crippen LogP contribution in [0.2, 0.25) is 0 Å². The van der Waals surface area contributed by atoms with Crippen molar-refractivity contribution in [3.05, 3.63) is 15.5 Å². The Kier molecular flexibility index (Phi) is 4.04. The molecule has 98 valence electrons. The standard InChI is InChI=1S/C11H13BrN2O3S/c1-4-17-6(2)14-10-7(9(12)13-14)5-8(18-10)11(15)16-3/h5-6H,4H2,1-3H3. The smallest absolute Gasteiger partial charge is 0.348 e. The van der Waals surface area contributed by atoms with Gasteiger partial charge in [0.25, 0.3) is 0 Å². The fourth-order valence-corrected chi connectivity index (χ4v) is 3.36. The maximum atomic E-state index is 11.5. The normalized spacial score (nSPS) is 12.9. The summed E-state index contributed by atoms with van der Waals surface area (Å²) in [7, 11) is 1.37. The Bertz CT molecular complexity index is 578. The summed E-state index contributed by atoms with van der Waals surface area (Å²) in [5, 5.41) is 5.26. The number of esters is 1. The van der Waals surface area contributed by atoms with Crippen molar-refractivity contribution in [2.75, 3.05) is 13.7 Å². The first-order valence-corrected chi connectivity index (χ1v) is 7.06. The Balaban J connectivity index is 2.49. The molecule has 0 saturated heterocycles. The van der Waals surface area contributed by atoms with Gasteiger partial charge in [-0.15, -0.1) is 11.3 Å². The van der Waals surface area contributed by atoms with Crippen molar-refractivity contribution < 1.29 is 14.3 Å². The summed E-state index contributed by atoms with van der Waals surface area (Å²) in [6.07, 6.45) is -0.173. The maximum absolute atomic E-state index is 11.5. The minimum atomic E-state index is -0.335. The molecule has 0 saturated carbocycles. The summed E-state index contributed by atoms with van der Waals surface area (Å²) in [5.74, 6) is -0.335. The molecule has 2 rings (SSSR count). The second-order valence-electron chi connectivity index (χ2n) is 3.61. The fraction of sp³-hybridized carbons (Fsp3) is 0.455. The highest BCUT2D eigenvalue weighted by atomic mass is 79.9. The Morgan fingerprint density at radius 1 is 1.67 bits per heavy atom. The number of hydrogen-bond acceptors (Lipinski definition) is 5. The molecule has 0 fully saturated rings. The van der Waals surface area contributed by atoms with E-state index in [1.165, 1.54) is 18.4 Å². The molecule has 0 radical (unpaired) electrons. The number of methoxy groups -OCH3 is 1. The average Bonchev–Trinajstić information content (AvgIpc) is 2.90. The van der Waals surface area contributed by atoms with Gasteiger partial charge in [-0.3, -0.25) is 0 Å². The fourth-order valence-electron chi connectivity index (χ4n) is 1.65. The van der Waals surface area contributed by atoms with Gasteiger partial charge in [0.15, 0.2) is 0 Å². The molecule has 2 heterocycles. The number of nitrogens with zero attached hydrogens (tertiary/aromatic N) is 2. The summed E-state index contributed by atoms with van der Waals surface area (Å²) in [4.78, 5) is 13.0. The van der Waals surface area contributed by atoms with Crippen LogP contribution in [0, 0.1) is 0 Å². The van der Waals surface area contributed by atoms with Crippen LogP contribution < -0.4 is 0 Å². The molecule has 1 unspecified atom stereocenters. The first-order valence-electron chi connectivity index (χ1n) is 5.46. The highest BCUT2D eigenvalue weighted by Gasteiger charge is 2.19. The summed E-state index contributed by atoms with van der Waals surface area (Å²) in [5.41, 5.74) is 0. The minimum absolute atomic E-state index is 0.173. The van der Waals surface area contributed by atoms with Gasteiger partial charge in [0.2, 0.25) is 0 Å². The van der Waals surface area contributed by atoms with Crippen molar-refractivity contribution >= 4 is 43.5 Å². The van der Waals surface area contributed by atoms with Crippen molar-refractivity contribution in [2.24, 2.45) is 0 Å². The number of fused-ring (bicyclic) bond motifs is 1. The molecule has 2 aromatic rings. The van der Waals surface area contributed by atoms with Crippen LogP contribution in [0.3, 0.4) is 0 Å². The molecule has 1 atom stereocenters. The lowest BCUT2D eigenvalue weighted by molar-refractivity contribution is 0.0193. The molecule has 0 aromatic carbocycles. The van der Waals surface area contributed by atoms with Gasteiger partial charge in [0.05, 0.1) is 7.11 Å². The van der Waals surface area contributed by atoms with Crippen molar-refractivity contribution in [3.8, 4) is 0 Å². The van der Waals surface area contributed by atoms with E-state index in [2.05, 4.69) is 21.0 Å². The first kappa shape index (κ1) is 13.5. The summed E-state index contributed by atoms with van der Waals surface area (Å²) in [6.45, 7) is 4.45. The van der Waals surface area contributed by atoms with E-state index in [1.54, 1.807) is 10.7 Å². The molecular weight excluding hydrogens is 320 g/mol. The van der Waals surface area contributed by atoms with Crippen molar-refractivity contribution in [1.82, 2.24) is 9.78 Å². The number of rotatable bonds is 4. The second kappa shape index (κ2) is 5.38. The lowest BCUT2D eigenvalue weighted by Gasteiger charge is -2.11. The van der Waals surface area contributed by atoms with Gasteiger partial charge in [0, 0.05) is 12.0 Å². The predicted molar refractivity (Wildman–Crippen MR) is 73.0 cm³/mol. The number of halogens is 1. The zero-order chi connectivity index (χ0) is 13.3. The molecule has 0 amide bonds. The van der Waals surface area contributed by atoms with E-state index >= 15 is 0 Å². The van der Waals surface area contributed by atoms with Crippen LogP contribution >= 0.6 is 27.3 Å². The SMILES string of the molecule is CCOC(C)n1nc(Br)c2cc(C(=O)OC)sc21. The highest BCUT2D eigenvalue weighted by molar-refractivity contribution is 9.10.